The van der Waals surface area contributed by atoms with Gasteiger partial charge in [-0.25, -0.2) is 22.9 Å². The largest absolute Gasteiger partial charge is 0.456 e. The van der Waals surface area contributed by atoms with Crippen molar-refractivity contribution >= 4 is 38.7 Å². The van der Waals surface area contributed by atoms with E-state index in [0.29, 0.717) is 11.3 Å². The van der Waals surface area contributed by atoms with Gasteiger partial charge in [-0.2, -0.15) is 0 Å². The molecule has 0 aliphatic carbocycles. The number of thiazole rings is 1. The molecule has 28 heavy (non-hydrogen) atoms. The third-order valence-electron chi connectivity index (χ3n) is 3.76. The van der Waals surface area contributed by atoms with Crippen molar-refractivity contribution in [2.24, 2.45) is 0 Å². The minimum Gasteiger partial charge on any atom is -0.456 e. The van der Waals surface area contributed by atoms with Crippen molar-refractivity contribution in [2.75, 3.05) is 0 Å². The molecule has 0 radical (unpaired) electrons. The Morgan fingerprint density at radius 2 is 2.04 bits per heavy atom. The number of aryl methyl sites for hydroxylation is 1. The minimum absolute atomic E-state index is 0.0291. The van der Waals surface area contributed by atoms with Crippen molar-refractivity contribution in [3.8, 4) is 9.88 Å². The molecule has 1 aromatic carbocycles. The van der Waals surface area contributed by atoms with Gasteiger partial charge in [-0.05, 0) is 49.9 Å². The molecule has 148 valence electrons. The number of rotatable bonds is 7. The van der Waals surface area contributed by atoms with Gasteiger partial charge in [-0.1, -0.05) is 12.1 Å². The fourth-order valence-corrected chi connectivity index (χ4v) is 5.37. The van der Waals surface area contributed by atoms with Crippen LogP contribution < -0.4 is 4.72 Å². The zero-order chi connectivity index (χ0) is 20.3. The van der Waals surface area contributed by atoms with E-state index in [1.165, 1.54) is 23.5 Å². The molecule has 2 heterocycles. The summed E-state index contributed by atoms with van der Waals surface area (Å²) in [5.74, 6) is -0.579. The van der Waals surface area contributed by atoms with Crippen LogP contribution in [0, 0.1) is 6.92 Å². The molecule has 6 nitrogen and oxygen atoms in total. The second kappa shape index (κ2) is 8.52. The first kappa shape index (κ1) is 20.7. The zero-order valence-corrected chi connectivity index (χ0v) is 18.1. The summed E-state index contributed by atoms with van der Waals surface area (Å²) in [7, 11) is -3.69. The molecular formula is C19H20N2O4S3. The summed E-state index contributed by atoms with van der Waals surface area (Å²) in [5, 5.41) is 4.71. The van der Waals surface area contributed by atoms with Gasteiger partial charge in [0.25, 0.3) is 0 Å². The Hall–Kier alpha value is -2.07. The molecule has 0 bridgehead atoms. The SMILES string of the molecule is Cc1ccc(S(=O)(=O)NC(C)C)cc1C(=O)OCc1csc(-c2cccs2)n1. The number of nitrogens with one attached hydrogen (secondary N) is 1. The van der Waals surface area contributed by atoms with Crippen LogP contribution in [0.3, 0.4) is 0 Å². The summed E-state index contributed by atoms with van der Waals surface area (Å²) in [4.78, 5) is 18.1. The van der Waals surface area contributed by atoms with Crippen LogP contribution in [0.4, 0.5) is 0 Å². The second-order valence-electron chi connectivity index (χ2n) is 6.45. The van der Waals surface area contributed by atoms with E-state index in [2.05, 4.69) is 9.71 Å². The minimum atomic E-state index is -3.69. The third kappa shape index (κ3) is 4.85. The maximum atomic E-state index is 12.5. The number of esters is 1. The predicted octanol–water partition coefficient (Wildman–Crippen LogP) is 4.22. The maximum absolute atomic E-state index is 12.5. The molecule has 0 unspecified atom stereocenters. The number of hydrogen-bond donors (Lipinski definition) is 1. The molecule has 0 aliphatic heterocycles. The van der Waals surface area contributed by atoms with E-state index in [4.69, 9.17) is 4.74 Å². The molecule has 2 aromatic heterocycles. The number of nitrogens with zero attached hydrogens (tertiary/aromatic N) is 1. The Balaban J connectivity index is 1.73. The summed E-state index contributed by atoms with van der Waals surface area (Å²) < 4.78 is 32.6. The fraction of sp³-hybridized carbons (Fsp3) is 0.263. The van der Waals surface area contributed by atoms with Crippen LogP contribution >= 0.6 is 22.7 Å². The molecule has 0 saturated carbocycles. The quantitative estimate of drug-likeness (QED) is 0.561. The van der Waals surface area contributed by atoms with E-state index in [1.807, 2.05) is 22.9 Å². The third-order valence-corrected chi connectivity index (χ3v) is 7.35. The summed E-state index contributed by atoms with van der Waals surface area (Å²) in [6.07, 6.45) is 0. The van der Waals surface area contributed by atoms with Gasteiger partial charge in [0.15, 0.2) is 0 Å². The van der Waals surface area contributed by atoms with Gasteiger partial charge in [0.2, 0.25) is 10.0 Å². The first-order chi connectivity index (χ1) is 13.3. The average Bonchev–Trinajstić information content (AvgIpc) is 3.30. The van der Waals surface area contributed by atoms with Gasteiger partial charge in [0.1, 0.15) is 11.6 Å². The van der Waals surface area contributed by atoms with Crippen LogP contribution in [0.15, 0.2) is 46.0 Å². The first-order valence-electron chi connectivity index (χ1n) is 8.54. The van der Waals surface area contributed by atoms with Gasteiger partial charge in [-0.15, -0.1) is 22.7 Å². The highest BCUT2D eigenvalue weighted by molar-refractivity contribution is 7.89. The van der Waals surface area contributed by atoms with Crippen molar-refractivity contribution in [1.82, 2.24) is 9.71 Å². The maximum Gasteiger partial charge on any atom is 0.338 e. The highest BCUT2D eigenvalue weighted by atomic mass is 32.2. The van der Waals surface area contributed by atoms with Crippen LogP contribution in [0.25, 0.3) is 9.88 Å². The first-order valence-corrected chi connectivity index (χ1v) is 11.8. The number of ether oxygens (including phenoxy) is 1. The van der Waals surface area contributed by atoms with Crippen molar-refractivity contribution in [3.05, 3.63) is 57.9 Å². The summed E-state index contributed by atoms with van der Waals surface area (Å²) in [6.45, 7) is 5.24. The normalized spacial score (nSPS) is 11.7. The molecule has 9 heteroatoms. The van der Waals surface area contributed by atoms with Gasteiger partial charge >= 0.3 is 5.97 Å². The Bertz CT molecular complexity index is 1070. The van der Waals surface area contributed by atoms with E-state index < -0.39 is 16.0 Å². The summed E-state index contributed by atoms with van der Waals surface area (Å²) in [6, 6.07) is 8.12. The van der Waals surface area contributed by atoms with Gasteiger partial charge in [0, 0.05) is 11.4 Å². The van der Waals surface area contributed by atoms with E-state index in [0.717, 1.165) is 9.88 Å². The molecule has 0 aliphatic rings. The molecular weight excluding hydrogens is 416 g/mol. The zero-order valence-electron chi connectivity index (χ0n) is 15.6. The van der Waals surface area contributed by atoms with Crippen molar-refractivity contribution in [3.63, 3.8) is 0 Å². The van der Waals surface area contributed by atoms with Crippen LogP contribution in [0.5, 0.6) is 0 Å². The van der Waals surface area contributed by atoms with Crippen LogP contribution in [0.2, 0.25) is 0 Å². The highest BCUT2D eigenvalue weighted by Crippen LogP contribution is 2.28. The van der Waals surface area contributed by atoms with E-state index >= 15 is 0 Å². The Kier molecular flexibility index (Phi) is 6.29. The highest BCUT2D eigenvalue weighted by Gasteiger charge is 2.20. The lowest BCUT2D eigenvalue weighted by Gasteiger charge is -2.12. The van der Waals surface area contributed by atoms with Crippen molar-refractivity contribution < 1.29 is 17.9 Å². The lowest BCUT2D eigenvalue weighted by Crippen LogP contribution is -2.30. The standard InChI is InChI=1S/C19H20N2O4S3/c1-12(2)21-28(23,24)15-7-6-13(3)16(9-15)19(22)25-10-14-11-27-18(20-14)17-5-4-8-26-17/h4-9,11-12,21H,10H2,1-3H3. The second-order valence-corrected chi connectivity index (χ2v) is 9.97. The van der Waals surface area contributed by atoms with Gasteiger partial charge in [-0.3, -0.25) is 0 Å². The monoisotopic (exact) mass is 436 g/mol. The summed E-state index contributed by atoms with van der Waals surface area (Å²) in [5.41, 5.74) is 1.52. The number of carbonyl (C=O) groups excluding carboxylic acids is 1. The number of aromatic nitrogens is 1. The molecule has 0 spiro atoms. The predicted molar refractivity (Wildman–Crippen MR) is 111 cm³/mol. The fourth-order valence-electron chi connectivity index (χ4n) is 2.47. The van der Waals surface area contributed by atoms with Crippen molar-refractivity contribution in [2.45, 2.75) is 38.3 Å². The molecule has 3 aromatic rings. The lowest BCUT2D eigenvalue weighted by atomic mass is 10.1. The Morgan fingerprint density at radius 3 is 2.71 bits per heavy atom. The van der Waals surface area contributed by atoms with Crippen LogP contribution in [0.1, 0.15) is 35.5 Å². The Labute approximate surface area is 172 Å². The average molecular weight is 437 g/mol. The van der Waals surface area contributed by atoms with E-state index in [-0.39, 0.29) is 23.1 Å². The lowest BCUT2D eigenvalue weighted by molar-refractivity contribution is 0.0467. The van der Waals surface area contributed by atoms with Gasteiger partial charge in [0.05, 0.1) is 21.0 Å². The van der Waals surface area contributed by atoms with E-state index in [9.17, 15) is 13.2 Å². The molecule has 1 N–H and O–H groups in total. The van der Waals surface area contributed by atoms with Crippen LogP contribution in [-0.2, 0) is 21.4 Å². The molecule has 0 saturated heterocycles. The number of carbonyl (C=O) groups is 1. The van der Waals surface area contributed by atoms with E-state index in [1.54, 1.807) is 38.2 Å². The smallest absolute Gasteiger partial charge is 0.338 e. The molecule has 0 fully saturated rings. The van der Waals surface area contributed by atoms with Crippen LogP contribution in [-0.4, -0.2) is 25.4 Å². The van der Waals surface area contributed by atoms with Gasteiger partial charge < -0.3 is 4.74 Å². The Morgan fingerprint density at radius 1 is 1.25 bits per heavy atom. The summed E-state index contributed by atoms with van der Waals surface area (Å²) >= 11 is 3.09. The molecule has 0 amide bonds. The molecule has 3 rings (SSSR count). The molecule has 0 atom stereocenters. The van der Waals surface area contributed by atoms with Crippen molar-refractivity contribution in [1.29, 1.82) is 0 Å². The number of thiophene rings is 1. The number of benzene rings is 1. The number of hydrogen-bond acceptors (Lipinski definition) is 7. The topological polar surface area (TPSA) is 85.4 Å². The number of sulfonamides is 1.